The van der Waals surface area contributed by atoms with Crippen molar-refractivity contribution < 1.29 is 13.2 Å². The maximum atomic E-state index is 12.4. The molecule has 1 fully saturated rings. The van der Waals surface area contributed by atoms with Gasteiger partial charge in [0, 0.05) is 43.6 Å². The van der Waals surface area contributed by atoms with Crippen LogP contribution in [0.4, 0.5) is 0 Å². The van der Waals surface area contributed by atoms with Crippen molar-refractivity contribution >= 4 is 15.9 Å². The van der Waals surface area contributed by atoms with Crippen molar-refractivity contribution in [3.05, 3.63) is 48.3 Å². The van der Waals surface area contributed by atoms with Crippen molar-refractivity contribution in [2.75, 3.05) is 19.6 Å². The highest BCUT2D eigenvalue weighted by atomic mass is 32.2. The fourth-order valence-electron chi connectivity index (χ4n) is 2.81. The van der Waals surface area contributed by atoms with Crippen molar-refractivity contribution in [3.8, 4) is 0 Å². The van der Waals surface area contributed by atoms with Gasteiger partial charge in [-0.3, -0.25) is 9.48 Å². The van der Waals surface area contributed by atoms with E-state index in [4.69, 9.17) is 0 Å². The number of aromatic nitrogens is 2. The fraction of sp³-hybridized carbons (Fsp3) is 0.412. The van der Waals surface area contributed by atoms with Crippen LogP contribution in [0.1, 0.15) is 23.2 Å². The first-order valence-electron chi connectivity index (χ1n) is 8.63. The Morgan fingerprint density at radius 2 is 2.23 bits per heavy atom. The van der Waals surface area contributed by atoms with Gasteiger partial charge < -0.3 is 10.6 Å². The summed E-state index contributed by atoms with van der Waals surface area (Å²) < 4.78 is 29.2. The summed E-state index contributed by atoms with van der Waals surface area (Å²) in [7, 11) is -3.66. The van der Waals surface area contributed by atoms with E-state index in [-0.39, 0.29) is 16.8 Å². The molecule has 3 rings (SSSR count). The van der Waals surface area contributed by atoms with Gasteiger partial charge in [0.1, 0.15) is 0 Å². The predicted octanol–water partition coefficient (Wildman–Crippen LogP) is 0.343. The Labute approximate surface area is 153 Å². The summed E-state index contributed by atoms with van der Waals surface area (Å²) in [6, 6.07) is 8.01. The van der Waals surface area contributed by atoms with Crippen LogP contribution in [-0.4, -0.2) is 49.8 Å². The molecule has 8 nitrogen and oxygen atoms in total. The molecule has 1 aromatic heterocycles. The smallest absolute Gasteiger partial charge is 0.251 e. The molecule has 26 heavy (non-hydrogen) atoms. The number of rotatable bonds is 8. The van der Waals surface area contributed by atoms with Crippen LogP contribution in [0, 0.1) is 0 Å². The molecule has 1 saturated heterocycles. The average molecular weight is 377 g/mol. The van der Waals surface area contributed by atoms with E-state index >= 15 is 0 Å². The minimum atomic E-state index is -3.66. The molecule has 140 valence electrons. The maximum Gasteiger partial charge on any atom is 0.251 e. The van der Waals surface area contributed by atoms with Crippen molar-refractivity contribution in [1.82, 2.24) is 25.1 Å². The number of benzene rings is 1. The Bertz CT molecular complexity index is 830. The molecule has 9 heteroatoms. The minimum absolute atomic E-state index is 0.0863. The highest BCUT2D eigenvalue weighted by molar-refractivity contribution is 7.89. The molecule has 1 aromatic carbocycles. The summed E-state index contributed by atoms with van der Waals surface area (Å²) in [4.78, 5) is 12.4. The van der Waals surface area contributed by atoms with Gasteiger partial charge >= 0.3 is 0 Å². The molecule has 1 aliphatic heterocycles. The van der Waals surface area contributed by atoms with E-state index in [1.54, 1.807) is 23.0 Å². The first-order chi connectivity index (χ1) is 12.5. The quantitative estimate of drug-likeness (QED) is 0.576. The molecule has 0 unspecified atom stereocenters. The average Bonchev–Trinajstić information content (AvgIpc) is 3.33. The van der Waals surface area contributed by atoms with Crippen molar-refractivity contribution in [2.45, 2.75) is 30.3 Å². The van der Waals surface area contributed by atoms with Gasteiger partial charge in [0.2, 0.25) is 10.0 Å². The first kappa shape index (κ1) is 18.6. The van der Waals surface area contributed by atoms with Crippen LogP contribution in [0.5, 0.6) is 0 Å². The topological polar surface area (TPSA) is 105 Å². The number of amides is 1. The molecular weight excluding hydrogens is 354 g/mol. The van der Waals surface area contributed by atoms with E-state index in [2.05, 4.69) is 20.5 Å². The van der Waals surface area contributed by atoms with Crippen LogP contribution < -0.4 is 15.4 Å². The normalized spacial score (nSPS) is 17.3. The predicted molar refractivity (Wildman–Crippen MR) is 97.2 cm³/mol. The van der Waals surface area contributed by atoms with Gasteiger partial charge in [-0.25, -0.2) is 13.1 Å². The third-order valence-electron chi connectivity index (χ3n) is 4.22. The zero-order valence-corrected chi connectivity index (χ0v) is 15.2. The standard InChI is InChI=1S/C17H23N5O3S/c23-17(21-15-6-9-18-13-15)14-4-1-5-16(12-14)26(24,25)20-8-3-11-22-10-2-7-19-22/h1-2,4-5,7,10,12,15,18,20H,3,6,8-9,11,13H2,(H,21,23)/t15-/m1/s1. The van der Waals surface area contributed by atoms with Crippen LogP contribution in [0.25, 0.3) is 0 Å². The molecule has 1 amide bonds. The van der Waals surface area contributed by atoms with Crippen molar-refractivity contribution in [1.29, 1.82) is 0 Å². The van der Waals surface area contributed by atoms with Gasteiger partial charge in [-0.2, -0.15) is 5.10 Å². The minimum Gasteiger partial charge on any atom is -0.348 e. The van der Waals surface area contributed by atoms with Gasteiger partial charge in [-0.1, -0.05) is 6.07 Å². The van der Waals surface area contributed by atoms with Crippen LogP contribution in [-0.2, 0) is 16.6 Å². The maximum absolute atomic E-state index is 12.4. The summed E-state index contributed by atoms with van der Waals surface area (Å²) in [5.41, 5.74) is 0.344. The van der Waals surface area contributed by atoms with Crippen LogP contribution in [0.15, 0.2) is 47.6 Å². The molecule has 2 aromatic rings. The van der Waals surface area contributed by atoms with Gasteiger partial charge in [0.25, 0.3) is 5.91 Å². The van der Waals surface area contributed by atoms with Gasteiger partial charge in [-0.15, -0.1) is 0 Å². The monoisotopic (exact) mass is 377 g/mol. The third-order valence-corrected chi connectivity index (χ3v) is 5.68. The molecule has 0 spiro atoms. The summed E-state index contributed by atoms with van der Waals surface area (Å²) >= 11 is 0. The summed E-state index contributed by atoms with van der Waals surface area (Å²) in [6.07, 6.45) is 5.01. The third kappa shape index (κ3) is 4.90. The molecule has 0 aliphatic carbocycles. The van der Waals surface area contributed by atoms with E-state index in [1.807, 2.05) is 12.3 Å². The van der Waals surface area contributed by atoms with Crippen LogP contribution in [0.2, 0.25) is 0 Å². The lowest BCUT2D eigenvalue weighted by Crippen LogP contribution is -2.36. The molecule has 0 bridgehead atoms. The highest BCUT2D eigenvalue weighted by Gasteiger charge is 2.19. The van der Waals surface area contributed by atoms with E-state index in [0.717, 1.165) is 19.5 Å². The van der Waals surface area contributed by atoms with Gasteiger partial charge in [0.05, 0.1) is 4.90 Å². The largest absolute Gasteiger partial charge is 0.348 e. The number of carbonyl (C=O) groups excluding carboxylic acids is 1. The van der Waals surface area contributed by atoms with E-state index in [0.29, 0.717) is 25.1 Å². The second-order valence-corrected chi connectivity index (χ2v) is 7.98. The lowest BCUT2D eigenvalue weighted by atomic mass is 10.2. The second-order valence-electron chi connectivity index (χ2n) is 6.21. The zero-order chi connectivity index (χ0) is 18.4. The lowest BCUT2D eigenvalue weighted by Gasteiger charge is -2.12. The van der Waals surface area contributed by atoms with Gasteiger partial charge in [0.15, 0.2) is 0 Å². The number of nitrogens with one attached hydrogen (secondary N) is 3. The fourth-order valence-corrected chi connectivity index (χ4v) is 3.93. The zero-order valence-electron chi connectivity index (χ0n) is 14.4. The van der Waals surface area contributed by atoms with Crippen molar-refractivity contribution in [3.63, 3.8) is 0 Å². The van der Waals surface area contributed by atoms with Crippen LogP contribution >= 0.6 is 0 Å². The van der Waals surface area contributed by atoms with Crippen LogP contribution in [0.3, 0.4) is 0 Å². The number of hydrogen-bond donors (Lipinski definition) is 3. The van der Waals surface area contributed by atoms with E-state index in [9.17, 15) is 13.2 Å². The Morgan fingerprint density at radius 1 is 1.35 bits per heavy atom. The number of aryl methyl sites for hydroxylation is 1. The highest BCUT2D eigenvalue weighted by Crippen LogP contribution is 2.12. The first-order valence-corrected chi connectivity index (χ1v) is 10.1. The Hall–Kier alpha value is -2.23. The van der Waals surface area contributed by atoms with Gasteiger partial charge in [-0.05, 0) is 43.7 Å². The lowest BCUT2D eigenvalue weighted by molar-refractivity contribution is 0.0940. The summed E-state index contributed by atoms with van der Waals surface area (Å²) in [6.45, 7) is 2.54. The summed E-state index contributed by atoms with van der Waals surface area (Å²) in [5, 5.41) is 10.2. The van der Waals surface area contributed by atoms with E-state index < -0.39 is 10.0 Å². The molecule has 0 radical (unpaired) electrons. The Kier molecular flexibility index (Phi) is 6.02. The summed E-state index contributed by atoms with van der Waals surface area (Å²) in [5.74, 6) is -0.255. The second kappa shape index (κ2) is 8.43. The van der Waals surface area contributed by atoms with Crippen molar-refractivity contribution in [2.24, 2.45) is 0 Å². The molecular formula is C17H23N5O3S. The number of hydrogen-bond acceptors (Lipinski definition) is 5. The molecule has 1 aliphatic rings. The molecule has 1 atom stereocenters. The number of nitrogens with zero attached hydrogens (tertiary/aromatic N) is 2. The SMILES string of the molecule is O=C(N[C@@H]1CCNC1)c1cccc(S(=O)(=O)NCCCn2cccn2)c1. The number of carbonyl (C=O) groups is 1. The number of sulfonamides is 1. The molecule has 0 saturated carbocycles. The molecule has 3 N–H and O–H groups in total. The Balaban J connectivity index is 1.57. The molecule has 2 heterocycles. The Morgan fingerprint density at radius 3 is 2.96 bits per heavy atom. The van der Waals surface area contributed by atoms with E-state index in [1.165, 1.54) is 12.1 Å².